The Morgan fingerprint density at radius 3 is 1.71 bits per heavy atom. The summed E-state index contributed by atoms with van der Waals surface area (Å²) in [4.78, 5) is -0.0503. The minimum Gasteiger partial charge on any atom is -0.375 e. The first-order chi connectivity index (χ1) is 12.7. The summed E-state index contributed by atoms with van der Waals surface area (Å²) in [7, 11) is -4.29. The van der Waals surface area contributed by atoms with Crippen molar-refractivity contribution in [2.75, 3.05) is 6.54 Å². The third-order valence-electron chi connectivity index (χ3n) is 5.44. The zero-order valence-corrected chi connectivity index (χ0v) is 17.2. The van der Waals surface area contributed by atoms with E-state index in [0.717, 1.165) is 28.8 Å². The molecule has 0 aliphatic carbocycles. The van der Waals surface area contributed by atoms with Gasteiger partial charge in [-0.25, -0.2) is 13.1 Å². The van der Waals surface area contributed by atoms with E-state index >= 15 is 0 Å². The fourth-order valence-electron chi connectivity index (χ4n) is 3.22. The second-order valence-electron chi connectivity index (χ2n) is 7.00. The number of alkyl halides is 3. The highest BCUT2D eigenvalue weighted by molar-refractivity contribution is 7.89. The van der Waals surface area contributed by atoms with Gasteiger partial charge in [-0.05, 0) is 68.0 Å². The molecule has 0 spiro atoms. The van der Waals surface area contributed by atoms with Crippen LogP contribution in [0.1, 0.15) is 33.4 Å². The SMILES string of the molecule is Cc1c(C)c(C)c(S(=O)(=O)NCC(O)(c2ccccc2)C(F)(F)F)c(C)c1C. The molecule has 28 heavy (non-hydrogen) atoms. The molecule has 1 unspecified atom stereocenters. The van der Waals surface area contributed by atoms with Crippen LogP contribution in [0.2, 0.25) is 0 Å². The third kappa shape index (κ3) is 3.81. The van der Waals surface area contributed by atoms with Gasteiger partial charge in [0, 0.05) is 0 Å². The Labute approximate surface area is 163 Å². The predicted molar refractivity (Wildman–Crippen MR) is 102 cm³/mol. The maximum atomic E-state index is 13.6. The molecular formula is C20H24F3NO3S. The van der Waals surface area contributed by atoms with Crippen LogP contribution in [0, 0.1) is 34.6 Å². The van der Waals surface area contributed by atoms with Gasteiger partial charge >= 0.3 is 6.18 Å². The van der Waals surface area contributed by atoms with E-state index in [1.165, 1.54) is 18.2 Å². The first-order valence-corrected chi connectivity index (χ1v) is 10.1. The van der Waals surface area contributed by atoms with E-state index in [1.54, 1.807) is 27.7 Å². The highest BCUT2D eigenvalue weighted by atomic mass is 32.2. The number of hydrogen-bond acceptors (Lipinski definition) is 3. The predicted octanol–water partition coefficient (Wildman–Crippen LogP) is 3.96. The molecule has 0 saturated heterocycles. The number of hydrogen-bond donors (Lipinski definition) is 2. The number of sulfonamides is 1. The van der Waals surface area contributed by atoms with Gasteiger partial charge in [0.15, 0.2) is 5.60 Å². The maximum Gasteiger partial charge on any atom is 0.422 e. The molecule has 2 aromatic carbocycles. The quantitative estimate of drug-likeness (QED) is 0.777. The molecule has 0 aromatic heterocycles. The van der Waals surface area contributed by atoms with Crippen LogP contribution in [-0.4, -0.2) is 26.2 Å². The van der Waals surface area contributed by atoms with Crippen molar-refractivity contribution in [1.82, 2.24) is 4.72 Å². The van der Waals surface area contributed by atoms with Crippen molar-refractivity contribution in [3.05, 3.63) is 63.7 Å². The van der Waals surface area contributed by atoms with Gasteiger partial charge in [0.2, 0.25) is 10.0 Å². The topological polar surface area (TPSA) is 66.4 Å². The zero-order valence-electron chi connectivity index (χ0n) is 16.4. The van der Waals surface area contributed by atoms with Crippen molar-refractivity contribution in [3.8, 4) is 0 Å². The molecular weight excluding hydrogens is 391 g/mol. The number of benzene rings is 2. The van der Waals surface area contributed by atoms with Gasteiger partial charge < -0.3 is 5.11 Å². The van der Waals surface area contributed by atoms with Crippen LogP contribution < -0.4 is 4.72 Å². The average molecular weight is 415 g/mol. The van der Waals surface area contributed by atoms with Gasteiger partial charge in [-0.15, -0.1) is 0 Å². The highest BCUT2D eigenvalue weighted by Crippen LogP contribution is 2.39. The Bertz CT molecular complexity index is 957. The molecule has 0 saturated carbocycles. The van der Waals surface area contributed by atoms with Gasteiger partial charge in [-0.3, -0.25) is 0 Å². The summed E-state index contributed by atoms with van der Waals surface area (Å²) in [5, 5.41) is 10.4. The van der Waals surface area contributed by atoms with Crippen LogP contribution in [0.25, 0.3) is 0 Å². The first kappa shape index (κ1) is 22.4. The van der Waals surface area contributed by atoms with Crippen LogP contribution in [0.15, 0.2) is 35.2 Å². The van der Waals surface area contributed by atoms with E-state index in [0.29, 0.717) is 11.1 Å². The van der Waals surface area contributed by atoms with Crippen LogP contribution in [-0.2, 0) is 15.6 Å². The summed E-state index contributed by atoms with van der Waals surface area (Å²) in [5.41, 5.74) is -0.375. The summed E-state index contributed by atoms with van der Waals surface area (Å²) >= 11 is 0. The lowest BCUT2D eigenvalue weighted by molar-refractivity contribution is -0.263. The number of rotatable bonds is 5. The summed E-state index contributed by atoms with van der Waals surface area (Å²) in [6.07, 6.45) is -5.07. The second-order valence-corrected chi connectivity index (χ2v) is 8.71. The third-order valence-corrected chi connectivity index (χ3v) is 7.11. The standard InChI is InChI=1S/C20H24F3NO3S/c1-12-13(2)15(4)18(16(5)14(12)3)28(26,27)24-11-19(25,20(21,22)23)17-9-7-6-8-10-17/h6-10,24-25H,11H2,1-5H3. The fraction of sp³-hybridized carbons (Fsp3) is 0.400. The average Bonchev–Trinajstić information content (AvgIpc) is 2.62. The van der Waals surface area contributed by atoms with Gasteiger partial charge in [0.25, 0.3) is 0 Å². The lowest BCUT2D eigenvalue weighted by atomic mass is 9.93. The minimum atomic E-state index is -5.07. The van der Waals surface area contributed by atoms with Gasteiger partial charge in [-0.1, -0.05) is 30.3 Å². The summed E-state index contributed by atoms with van der Waals surface area (Å²) in [5.74, 6) is 0. The van der Waals surface area contributed by atoms with Crippen molar-refractivity contribution in [1.29, 1.82) is 0 Å². The van der Waals surface area contributed by atoms with Crippen molar-refractivity contribution in [2.45, 2.75) is 51.3 Å². The molecule has 1 atom stereocenters. The molecule has 8 heteroatoms. The monoisotopic (exact) mass is 415 g/mol. The second kappa shape index (κ2) is 7.50. The molecule has 0 radical (unpaired) electrons. The van der Waals surface area contributed by atoms with E-state index in [2.05, 4.69) is 0 Å². The Balaban J connectivity index is 2.51. The molecule has 0 fully saturated rings. The molecule has 0 bridgehead atoms. The van der Waals surface area contributed by atoms with Crippen LogP contribution >= 0.6 is 0 Å². The molecule has 2 rings (SSSR count). The van der Waals surface area contributed by atoms with E-state index < -0.39 is 33.9 Å². The Morgan fingerprint density at radius 1 is 0.857 bits per heavy atom. The largest absolute Gasteiger partial charge is 0.422 e. The number of aliphatic hydroxyl groups is 1. The lowest BCUT2D eigenvalue weighted by Crippen LogP contribution is -2.51. The van der Waals surface area contributed by atoms with Crippen molar-refractivity contribution >= 4 is 10.0 Å². The van der Waals surface area contributed by atoms with Crippen molar-refractivity contribution in [2.24, 2.45) is 0 Å². The molecule has 0 heterocycles. The summed E-state index contributed by atoms with van der Waals surface area (Å²) in [6, 6.07) is 6.43. The fourth-order valence-corrected chi connectivity index (χ4v) is 4.88. The smallest absolute Gasteiger partial charge is 0.375 e. The summed E-state index contributed by atoms with van der Waals surface area (Å²) < 4.78 is 68.7. The van der Waals surface area contributed by atoms with Crippen molar-refractivity contribution < 1.29 is 26.7 Å². The molecule has 2 aromatic rings. The molecule has 4 nitrogen and oxygen atoms in total. The minimum absolute atomic E-state index is 0.0503. The van der Waals surface area contributed by atoms with E-state index in [4.69, 9.17) is 0 Å². The normalized spacial score (nSPS) is 14.8. The van der Waals surface area contributed by atoms with Crippen molar-refractivity contribution in [3.63, 3.8) is 0 Å². The van der Waals surface area contributed by atoms with Gasteiger partial charge in [0.1, 0.15) is 0 Å². The van der Waals surface area contributed by atoms with E-state index in [-0.39, 0.29) is 4.90 Å². The molecule has 0 amide bonds. The molecule has 154 valence electrons. The highest BCUT2D eigenvalue weighted by Gasteiger charge is 2.55. The number of nitrogens with one attached hydrogen (secondary N) is 1. The van der Waals surface area contributed by atoms with Crippen LogP contribution in [0.4, 0.5) is 13.2 Å². The Kier molecular flexibility index (Phi) is 5.99. The van der Waals surface area contributed by atoms with Crippen LogP contribution in [0.5, 0.6) is 0 Å². The Morgan fingerprint density at radius 2 is 1.29 bits per heavy atom. The zero-order chi connectivity index (χ0) is 21.5. The molecule has 0 aliphatic rings. The maximum absolute atomic E-state index is 13.6. The molecule has 0 aliphatic heterocycles. The van der Waals surface area contributed by atoms with E-state index in [1.807, 2.05) is 11.6 Å². The Hall–Kier alpha value is -1.90. The van der Waals surface area contributed by atoms with Crippen LogP contribution in [0.3, 0.4) is 0 Å². The lowest BCUT2D eigenvalue weighted by Gasteiger charge is -2.31. The van der Waals surface area contributed by atoms with Gasteiger partial charge in [0.05, 0.1) is 11.4 Å². The molecule has 2 N–H and O–H groups in total. The van der Waals surface area contributed by atoms with E-state index in [9.17, 15) is 26.7 Å². The summed E-state index contributed by atoms with van der Waals surface area (Å²) in [6.45, 7) is 7.42. The van der Waals surface area contributed by atoms with Gasteiger partial charge in [-0.2, -0.15) is 13.2 Å². The number of halogens is 3. The first-order valence-electron chi connectivity index (χ1n) is 8.65.